The van der Waals surface area contributed by atoms with E-state index in [4.69, 9.17) is 4.74 Å². The number of benzene rings is 1. The summed E-state index contributed by atoms with van der Waals surface area (Å²) in [5.41, 5.74) is -1.10. The second kappa shape index (κ2) is 6.25. The zero-order valence-corrected chi connectivity index (χ0v) is 13.3. The average molecular weight is 386 g/mol. The standard InChI is InChI=1S/C12H14BrF2NO4S/c13-9-5-8(14)6-10(15)11(9)21(18,19)16-12(7-17)1-3-20-4-2-12/h5-6,16-17H,1-4,7H2. The van der Waals surface area contributed by atoms with Gasteiger partial charge in [-0.15, -0.1) is 0 Å². The molecule has 118 valence electrons. The van der Waals surface area contributed by atoms with Crippen LogP contribution in [-0.4, -0.2) is 38.9 Å². The molecule has 1 aliphatic rings. The molecular formula is C12H14BrF2NO4S. The summed E-state index contributed by atoms with van der Waals surface area (Å²) >= 11 is 2.85. The summed E-state index contributed by atoms with van der Waals surface area (Å²) in [4.78, 5) is -0.678. The van der Waals surface area contributed by atoms with Gasteiger partial charge in [0.25, 0.3) is 0 Å². The fourth-order valence-corrected chi connectivity index (χ4v) is 4.80. The molecule has 1 heterocycles. The molecule has 9 heteroatoms. The highest BCUT2D eigenvalue weighted by molar-refractivity contribution is 9.10. The van der Waals surface area contributed by atoms with Gasteiger partial charge in [-0.25, -0.2) is 21.9 Å². The lowest BCUT2D eigenvalue weighted by molar-refractivity contribution is 0.0222. The van der Waals surface area contributed by atoms with E-state index in [0.29, 0.717) is 6.07 Å². The van der Waals surface area contributed by atoms with Crippen LogP contribution in [0, 0.1) is 11.6 Å². The Labute approximate surface area is 129 Å². The van der Waals surface area contributed by atoms with Crippen molar-refractivity contribution < 1.29 is 27.0 Å². The molecule has 0 aromatic heterocycles. The van der Waals surface area contributed by atoms with Crippen molar-refractivity contribution in [3.63, 3.8) is 0 Å². The minimum absolute atomic E-state index is 0.215. The van der Waals surface area contributed by atoms with Crippen molar-refractivity contribution in [1.82, 2.24) is 4.72 Å². The number of halogens is 3. The lowest BCUT2D eigenvalue weighted by Gasteiger charge is -2.35. The van der Waals surface area contributed by atoms with Crippen molar-refractivity contribution in [3.8, 4) is 0 Å². The second-order valence-electron chi connectivity index (χ2n) is 4.85. The van der Waals surface area contributed by atoms with Crippen LogP contribution in [0.3, 0.4) is 0 Å². The van der Waals surface area contributed by atoms with E-state index in [1.165, 1.54) is 0 Å². The Bertz CT molecular complexity index is 609. The molecule has 1 saturated heterocycles. The van der Waals surface area contributed by atoms with Gasteiger partial charge >= 0.3 is 0 Å². The lowest BCUT2D eigenvalue weighted by atomic mass is 9.93. The molecule has 0 amide bonds. The van der Waals surface area contributed by atoms with Gasteiger partial charge in [-0.3, -0.25) is 0 Å². The molecule has 2 N–H and O–H groups in total. The molecule has 1 aromatic carbocycles. The molecule has 1 fully saturated rings. The minimum Gasteiger partial charge on any atom is -0.394 e. The monoisotopic (exact) mass is 385 g/mol. The number of aliphatic hydroxyl groups excluding tert-OH is 1. The summed E-state index contributed by atoms with van der Waals surface area (Å²) in [6.45, 7) is 0.141. The largest absolute Gasteiger partial charge is 0.394 e. The molecule has 0 spiro atoms. The summed E-state index contributed by atoms with van der Waals surface area (Å²) in [6, 6.07) is 1.36. The van der Waals surface area contributed by atoms with Gasteiger partial charge < -0.3 is 9.84 Å². The van der Waals surface area contributed by atoms with E-state index in [0.717, 1.165) is 6.07 Å². The van der Waals surface area contributed by atoms with Crippen molar-refractivity contribution >= 4 is 26.0 Å². The van der Waals surface area contributed by atoms with Crippen molar-refractivity contribution in [2.75, 3.05) is 19.8 Å². The number of aliphatic hydroxyl groups is 1. The first-order valence-corrected chi connectivity index (χ1v) is 8.44. The molecule has 0 unspecified atom stereocenters. The summed E-state index contributed by atoms with van der Waals surface area (Å²) in [5, 5.41) is 9.49. The molecule has 1 aliphatic heterocycles. The number of sulfonamides is 1. The third kappa shape index (κ3) is 3.59. The number of ether oxygens (including phenoxy) is 1. The first-order chi connectivity index (χ1) is 9.80. The van der Waals surface area contributed by atoms with Crippen LogP contribution in [0.2, 0.25) is 0 Å². The number of hydrogen-bond acceptors (Lipinski definition) is 4. The Kier molecular flexibility index (Phi) is 4.99. The maximum absolute atomic E-state index is 13.8. The quantitative estimate of drug-likeness (QED) is 0.824. The van der Waals surface area contributed by atoms with Gasteiger partial charge in [-0.1, -0.05) is 0 Å². The van der Waals surface area contributed by atoms with Crippen LogP contribution in [0.15, 0.2) is 21.5 Å². The minimum atomic E-state index is -4.26. The third-order valence-electron chi connectivity index (χ3n) is 3.34. The Hall–Kier alpha value is -0.610. The molecule has 21 heavy (non-hydrogen) atoms. The van der Waals surface area contributed by atoms with Crippen LogP contribution in [0.5, 0.6) is 0 Å². The molecule has 0 bridgehead atoms. The van der Waals surface area contributed by atoms with Crippen molar-refractivity contribution in [1.29, 1.82) is 0 Å². The predicted octanol–water partition coefficient (Wildman–Crippen LogP) is 1.55. The fourth-order valence-electron chi connectivity index (χ4n) is 2.18. The van der Waals surface area contributed by atoms with Crippen molar-refractivity contribution in [2.24, 2.45) is 0 Å². The first kappa shape index (κ1) is 16.8. The number of rotatable bonds is 4. The smallest absolute Gasteiger partial charge is 0.245 e. The molecule has 1 aromatic rings. The highest BCUT2D eigenvalue weighted by Gasteiger charge is 2.38. The van der Waals surface area contributed by atoms with E-state index in [1.54, 1.807) is 0 Å². The highest BCUT2D eigenvalue weighted by Crippen LogP contribution is 2.29. The van der Waals surface area contributed by atoms with E-state index >= 15 is 0 Å². The maximum Gasteiger partial charge on any atom is 0.245 e. The van der Waals surface area contributed by atoms with Gasteiger partial charge in [0.1, 0.15) is 16.5 Å². The third-order valence-corrected chi connectivity index (χ3v) is 5.88. The van der Waals surface area contributed by atoms with E-state index in [-0.39, 0.29) is 30.5 Å². The fraction of sp³-hybridized carbons (Fsp3) is 0.500. The van der Waals surface area contributed by atoms with Crippen LogP contribution < -0.4 is 4.72 Å². The van der Waals surface area contributed by atoms with E-state index in [9.17, 15) is 22.3 Å². The molecule has 0 aliphatic carbocycles. The Morgan fingerprint density at radius 1 is 1.33 bits per heavy atom. The maximum atomic E-state index is 13.8. The first-order valence-electron chi connectivity index (χ1n) is 6.17. The van der Waals surface area contributed by atoms with Gasteiger partial charge in [-0.2, -0.15) is 0 Å². The number of nitrogens with one attached hydrogen (secondary N) is 1. The van der Waals surface area contributed by atoms with Gasteiger partial charge in [0.05, 0.1) is 12.1 Å². The number of hydrogen-bond donors (Lipinski definition) is 2. The Balaban J connectivity index is 2.38. The molecule has 0 atom stereocenters. The van der Waals surface area contributed by atoms with Crippen molar-refractivity contribution in [3.05, 3.63) is 28.2 Å². The van der Waals surface area contributed by atoms with Crippen LogP contribution in [-0.2, 0) is 14.8 Å². The van der Waals surface area contributed by atoms with E-state index in [1.807, 2.05) is 0 Å². The normalized spacial score (nSPS) is 18.7. The summed E-state index contributed by atoms with van der Waals surface area (Å²) < 4.78 is 58.8. The topological polar surface area (TPSA) is 75.6 Å². The van der Waals surface area contributed by atoms with Gasteiger partial charge in [0.2, 0.25) is 10.0 Å². The zero-order chi connectivity index (χ0) is 15.7. The van der Waals surface area contributed by atoms with Crippen molar-refractivity contribution in [2.45, 2.75) is 23.3 Å². The van der Waals surface area contributed by atoms with Crippen LogP contribution in [0.4, 0.5) is 8.78 Å². The summed E-state index contributed by atoms with van der Waals surface area (Å²) in [6.07, 6.45) is 0.534. The molecule has 2 rings (SSSR count). The Morgan fingerprint density at radius 2 is 1.95 bits per heavy atom. The zero-order valence-electron chi connectivity index (χ0n) is 10.9. The second-order valence-corrected chi connectivity index (χ2v) is 7.33. The molecular weight excluding hydrogens is 372 g/mol. The van der Waals surface area contributed by atoms with Gasteiger partial charge in [-0.05, 0) is 34.8 Å². The SMILES string of the molecule is O=S(=O)(NC1(CO)CCOCC1)c1c(F)cc(F)cc1Br. The predicted molar refractivity (Wildman–Crippen MR) is 74.2 cm³/mol. The van der Waals surface area contributed by atoms with Gasteiger partial charge in [0, 0.05) is 23.8 Å². The summed E-state index contributed by atoms with van der Waals surface area (Å²) in [5.74, 6) is -2.09. The molecule has 5 nitrogen and oxygen atoms in total. The molecule has 0 saturated carbocycles. The average Bonchev–Trinajstić information content (AvgIpc) is 2.37. The van der Waals surface area contributed by atoms with Crippen LogP contribution >= 0.6 is 15.9 Å². The lowest BCUT2D eigenvalue weighted by Crippen LogP contribution is -2.54. The highest BCUT2D eigenvalue weighted by atomic mass is 79.9. The van der Waals surface area contributed by atoms with Gasteiger partial charge in [0.15, 0.2) is 0 Å². The van der Waals surface area contributed by atoms with Crippen LogP contribution in [0.25, 0.3) is 0 Å². The van der Waals surface area contributed by atoms with E-state index < -0.39 is 38.7 Å². The Morgan fingerprint density at radius 3 is 2.48 bits per heavy atom. The van der Waals surface area contributed by atoms with E-state index in [2.05, 4.69) is 20.7 Å². The molecule has 0 radical (unpaired) electrons. The van der Waals surface area contributed by atoms with Crippen LogP contribution in [0.1, 0.15) is 12.8 Å². The summed E-state index contributed by atoms with van der Waals surface area (Å²) in [7, 11) is -4.26.